The van der Waals surface area contributed by atoms with Crippen LogP contribution in [0.15, 0.2) is 23.1 Å². The summed E-state index contributed by atoms with van der Waals surface area (Å²) in [6.07, 6.45) is 8.30. The zero-order valence-corrected chi connectivity index (χ0v) is 17.3. The molecule has 154 valence electrons. The highest BCUT2D eigenvalue weighted by Crippen LogP contribution is 2.54. The predicted molar refractivity (Wildman–Crippen MR) is 103 cm³/mol. The van der Waals surface area contributed by atoms with E-state index in [0.717, 1.165) is 36.9 Å². The molecule has 1 N–H and O–H groups in total. The molecule has 1 saturated heterocycles. The van der Waals surface area contributed by atoms with Gasteiger partial charge < -0.3 is 9.64 Å². The minimum atomic E-state index is -3.67. The Labute approximate surface area is 166 Å². The van der Waals surface area contributed by atoms with Gasteiger partial charge in [0.1, 0.15) is 16.5 Å². The minimum Gasteiger partial charge on any atom is -0.495 e. The number of rotatable bonds is 4. The van der Waals surface area contributed by atoms with Crippen molar-refractivity contribution in [1.29, 1.82) is 0 Å². The normalized spacial score (nSPS) is 36.0. The number of methoxy groups -OCH3 is 1. The fourth-order valence-electron chi connectivity index (χ4n) is 7.06. The highest BCUT2D eigenvalue weighted by atomic mass is 32.2. The number of benzene rings is 1. The van der Waals surface area contributed by atoms with Crippen molar-refractivity contribution >= 4 is 10.0 Å². The molecule has 28 heavy (non-hydrogen) atoms. The second-order valence-electron chi connectivity index (χ2n) is 9.50. The van der Waals surface area contributed by atoms with Gasteiger partial charge in [-0.25, -0.2) is 12.8 Å². The quantitative estimate of drug-likeness (QED) is 0.824. The van der Waals surface area contributed by atoms with Gasteiger partial charge >= 0.3 is 0 Å². The fourth-order valence-corrected chi connectivity index (χ4v) is 8.64. The average Bonchev–Trinajstić information content (AvgIpc) is 2.66. The summed E-state index contributed by atoms with van der Waals surface area (Å²) in [7, 11) is -2.29. The van der Waals surface area contributed by atoms with E-state index in [0.29, 0.717) is 18.6 Å². The Morgan fingerprint density at radius 1 is 1.07 bits per heavy atom. The lowest BCUT2D eigenvalue weighted by Gasteiger charge is -2.59. The third kappa shape index (κ3) is 2.97. The van der Waals surface area contributed by atoms with Crippen LogP contribution in [0.3, 0.4) is 0 Å². The van der Waals surface area contributed by atoms with Crippen molar-refractivity contribution in [2.45, 2.75) is 49.0 Å². The minimum absolute atomic E-state index is 0.0645. The Morgan fingerprint density at radius 2 is 1.64 bits per heavy atom. The lowest BCUT2D eigenvalue weighted by molar-refractivity contribution is -0.962. The molecule has 0 atom stereocenters. The van der Waals surface area contributed by atoms with Crippen molar-refractivity contribution < 1.29 is 22.4 Å². The summed E-state index contributed by atoms with van der Waals surface area (Å²) in [5, 5.41) is 0. The van der Waals surface area contributed by atoms with E-state index >= 15 is 0 Å². The summed E-state index contributed by atoms with van der Waals surface area (Å²) in [4.78, 5) is 1.69. The van der Waals surface area contributed by atoms with Crippen molar-refractivity contribution in [3.63, 3.8) is 0 Å². The third-order valence-corrected chi connectivity index (χ3v) is 9.80. The Kier molecular flexibility index (Phi) is 4.49. The molecule has 0 spiro atoms. The van der Waals surface area contributed by atoms with Gasteiger partial charge in [0.15, 0.2) is 0 Å². The fraction of sp³-hybridized carbons (Fsp3) is 0.714. The van der Waals surface area contributed by atoms with Gasteiger partial charge in [-0.15, -0.1) is 0 Å². The molecule has 1 aliphatic heterocycles. The smallest absolute Gasteiger partial charge is 0.247 e. The van der Waals surface area contributed by atoms with E-state index in [1.54, 1.807) is 9.21 Å². The van der Waals surface area contributed by atoms with Gasteiger partial charge in [-0.2, -0.15) is 4.31 Å². The van der Waals surface area contributed by atoms with Crippen molar-refractivity contribution in [1.82, 2.24) is 4.31 Å². The molecule has 7 heteroatoms. The van der Waals surface area contributed by atoms with Crippen LogP contribution in [0, 0.1) is 23.6 Å². The molecule has 6 rings (SSSR count). The molecule has 4 saturated carbocycles. The van der Waals surface area contributed by atoms with Gasteiger partial charge in [-0.3, -0.25) is 0 Å². The van der Waals surface area contributed by atoms with Crippen LogP contribution in [0.4, 0.5) is 4.39 Å². The largest absolute Gasteiger partial charge is 0.495 e. The van der Waals surface area contributed by atoms with Crippen LogP contribution in [-0.4, -0.2) is 51.6 Å². The molecule has 4 bridgehead atoms. The molecule has 1 aromatic carbocycles. The summed E-state index contributed by atoms with van der Waals surface area (Å²) >= 11 is 0. The van der Waals surface area contributed by atoms with Gasteiger partial charge in [-0.05, 0) is 49.1 Å². The zero-order chi connectivity index (χ0) is 19.5. The molecule has 0 radical (unpaired) electrons. The van der Waals surface area contributed by atoms with Crippen molar-refractivity contribution in [3.05, 3.63) is 24.0 Å². The number of halogens is 1. The summed E-state index contributed by atoms with van der Waals surface area (Å²) in [6, 6.07) is 3.65. The molecule has 1 aromatic rings. The van der Waals surface area contributed by atoms with E-state index in [-0.39, 0.29) is 10.6 Å². The molecule has 0 unspecified atom stereocenters. The van der Waals surface area contributed by atoms with E-state index < -0.39 is 15.8 Å². The van der Waals surface area contributed by atoms with E-state index in [2.05, 4.69) is 0 Å². The number of piperazine rings is 1. The first-order valence-electron chi connectivity index (χ1n) is 10.6. The Morgan fingerprint density at radius 3 is 2.18 bits per heavy atom. The Hall–Kier alpha value is -1.18. The Balaban J connectivity index is 1.32. The van der Waals surface area contributed by atoms with Gasteiger partial charge in [0.05, 0.1) is 38.8 Å². The third-order valence-electron chi connectivity index (χ3n) is 7.86. The molecule has 5 fully saturated rings. The molecular formula is C21H30FN2O3S+. The first-order valence-corrected chi connectivity index (χ1v) is 12.0. The number of hydrogen-bond donors (Lipinski definition) is 1. The maximum Gasteiger partial charge on any atom is 0.247 e. The predicted octanol–water partition coefficient (Wildman–Crippen LogP) is 1.69. The lowest BCUT2D eigenvalue weighted by atomic mass is 9.52. The number of sulfonamides is 1. The van der Waals surface area contributed by atoms with Crippen LogP contribution in [0.1, 0.15) is 38.5 Å². The van der Waals surface area contributed by atoms with Crippen LogP contribution in [0.5, 0.6) is 5.75 Å². The van der Waals surface area contributed by atoms with E-state index in [1.165, 1.54) is 57.8 Å². The van der Waals surface area contributed by atoms with E-state index in [1.807, 2.05) is 0 Å². The van der Waals surface area contributed by atoms with E-state index in [4.69, 9.17) is 4.74 Å². The maximum absolute atomic E-state index is 13.5. The van der Waals surface area contributed by atoms with Crippen LogP contribution < -0.4 is 9.64 Å². The molecule has 0 amide bonds. The SMILES string of the molecule is COc1cc(F)ccc1S(=O)(=O)N1CC[NH+](C23CC4CC(CC(C4)C2)C3)CC1. The number of ether oxygens (including phenoxy) is 1. The molecule has 0 aromatic heterocycles. The number of hydrogen-bond acceptors (Lipinski definition) is 3. The zero-order valence-electron chi connectivity index (χ0n) is 16.5. The number of nitrogens with zero attached hydrogens (tertiary/aromatic N) is 1. The maximum atomic E-state index is 13.5. The monoisotopic (exact) mass is 409 g/mol. The van der Waals surface area contributed by atoms with Crippen molar-refractivity contribution in [2.75, 3.05) is 33.3 Å². The second kappa shape index (κ2) is 6.67. The molecule has 5 nitrogen and oxygen atoms in total. The lowest BCUT2D eigenvalue weighted by Crippen LogP contribution is -3.23. The topological polar surface area (TPSA) is 51.1 Å². The summed E-state index contributed by atoms with van der Waals surface area (Å²) in [6.45, 7) is 2.80. The van der Waals surface area contributed by atoms with Crippen LogP contribution >= 0.6 is 0 Å². The number of quaternary nitrogens is 1. The van der Waals surface area contributed by atoms with Crippen LogP contribution in [-0.2, 0) is 10.0 Å². The summed E-state index contributed by atoms with van der Waals surface area (Å²) < 4.78 is 46.5. The summed E-state index contributed by atoms with van der Waals surface area (Å²) in [5.41, 5.74) is 0.401. The molecular weight excluding hydrogens is 379 g/mol. The van der Waals surface area contributed by atoms with Crippen LogP contribution in [0.2, 0.25) is 0 Å². The molecule has 4 aliphatic carbocycles. The molecule has 1 heterocycles. The average molecular weight is 410 g/mol. The highest BCUT2D eigenvalue weighted by Gasteiger charge is 2.56. The van der Waals surface area contributed by atoms with Crippen molar-refractivity contribution in [3.8, 4) is 5.75 Å². The summed E-state index contributed by atoms with van der Waals surface area (Å²) in [5.74, 6) is 2.31. The Bertz CT molecular complexity index is 829. The van der Waals surface area contributed by atoms with Gasteiger partial charge in [-0.1, -0.05) is 0 Å². The van der Waals surface area contributed by atoms with Gasteiger partial charge in [0.2, 0.25) is 10.0 Å². The molecule has 5 aliphatic rings. The van der Waals surface area contributed by atoms with Crippen molar-refractivity contribution in [2.24, 2.45) is 17.8 Å². The van der Waals surface area contributed by atoms with Crippen LogP contribution in [0.25, 0.3) is 0 Å². The number of nitrogens with one attached hydrogen (secondary N) is 1. The first kappa shape index (κ1) is 18.8. The van der Waals surface area contributed by atoms with Gasteiger partial charge in [0, 0.05) is 25.3 Å². The first-order chi connectivity index (χ1) is 13.4. The van der Waals surface area contributed by atoms with E-state index in [9.17, 15) is 12.8 Å². The standard InChI is InChI=1S/C21H29FN2O3S/c1-27-19-11-18(22)2-3-20(19)28(25,26)24-6-4-23(5-7-24)21-12-15-8-16(13-21)10-17(9-15)14-21/h2-3,11,15-17H,4-10,12-14H2,1H3/p+1. The second-order valence-corrected chi connectivity index (χ2v) is 11.4. The van der Waals surface area contributed by atoms with Gasteiger partial charge in [0.25, 0.3) is 0 Å². The highest BCUT2D eigenvalue weighted by molar-refractivity contribution is 7.89.